The van der Waals surface area contributed by atoms with E-state index in [-0.39, 0.29) is 18.7 Å². The molecule has 0 saturated heterocycles. The zero-order valence-electron chi connectivity index (χ0n) is 7.94. The molecule has 1 aromatic carbocycles. The van der Waals surface area contributed by atoms with Gasteiger partial charge in [0.2, 0.25) is 0 Å². The highest BCUT2D eigenvalue weighted by atomic mass is 19.1. The van der Waals surface area contributed by atoms with Crippen LogP contribution in [0.1, 0.15) is 5.56 Å². The zero-order chi connectivity index (χ0) is 11.3. The fraction of sp³-hybridized carbons (Fsp3) is 0.300. The Morgan fingerprint density at radius 2 is 2.27 bits per heavy atom. The molecule has 0 heterocycles. The third-order valence-electron chi connectivity index (χ3n) is 1.86. The van der Waals surface area contributed by atoms with Gasteiger partial charge in [-0.3, -0.25) is 0 Å². The molecular formula is C10H11FN2O2. The van der Waals surface area contributed by atoms with E-state index in [0.29, 0.717) is 5.69 Å². The van der Waals surface area contributed by atoms with Crippen molar-refractivity contribution in [3.8, 4) is 6.07 Å². The molecule has 5 heteroatoms. The van der Waals surface area contributed by atoms with Crippen LogP contribution in [0.2, 0.25) is 0 Å². The van der Waals surface area contributed by atoms with Gasteiger partial charge < -0.3 is 15.5 Å². The Morgan fingerprint density at radius 1 is 1.53 bits per heavy atom. The first-order valence-electron chi connectivity index (χ1n) is 4.40. The number of nitrogens with one attached hydrogen (secondary N) is 1. The maximum atomic E-state index is 13.1. The van der Waals surface area contributed by atoms with Crippen molar-refractivity contribution in [3.05, 3.63) is 29.6 Å². The van der Waals surface area contributed by atoms with Gasteiger partial charge in [-0.05, 0) is 12.1 Å². The normalized spacial score (nSPS) is 11.9. The number of aliphatic hydroxyl groups excluding tert-OH is 2. The molecule has 0 aliphatic carbocycles. The summed E-state index contributed by atoms with van der Waals surface area (Å²) >= 11 is 0. The molecule has 1 rings (SSSR count). The molecule has 3 N–H and O–H groups in total. The van der Waals surface area contributed by atoms with Crippen molar-refractivity contribution in [1.82, 2.24) is 0 Å². The van der Waals surface area contributed by atoms with E-state index in [2.05, 4.69) is 5.32 Å². The Bertz CT molecular complexity index is 376. The number of anilines is 1. The van der Waals surface area contributed by atoms with Crippen LogP contribution in [0.4, 0.5) is 10.1 Å². The summed E-state index contributed by atoms with van der Waals surface area (Å²) in [5, 5.41) is 29.0. The highest BCUT2D eigenvalue weighted by Gasteiger charge is 2.08. The van der Waals surface area contributed by atoms with E-state index in [4.69, 9.17) is 15.5 Å². The molecule has 15 heavy (non-hydrogen) atoms. The second-order valence-corrected chi connectivity index (χ2v) is 2.99. The summed E-state index contributed by atoms with van der Waals surface area (Å²) in [4.78, 5) is 0. The third kappa shape index (κ3) is 2.91. The van der Waals surface area contributed by atoms with Crippen LogP contribution in [0.5, 0.6) is 0 Å². The lowest BCUT2D eigenvalue weighted by atomic mass is 10.2. The van der Waals surface area contributed by atoms with Gasteiger partial charge in [0, 0.05) is 6.54 Å². The SMILES string of the molecule is N#Cc1c(F)cccc1NC[C@H](O)CO. The van der Waals surface area contributed by atoms with E-state index in [1.54, 1.807) is 6.07 Å². The minimum Gasteiger partial charge on any atom is -0.394 e. The summed E-state index contributed by atoms with van der Waals surface area (Å²) in [6.45, 7) is -0.321. The molecule has 4 nitrogen and oxygen atoms in total. The van der Waals surface area contributed by atoms with Gasteiger partial charge >= 0.3 is 0 Å². The number of rotatable bonds is 4. The maximum absolute atomic E-state index is 13.1. The average Bonchev–Trinajstić information content (AvgIpc) is 2.25. The first kappa shape index (κ1) is 11.4. The van der Waals surface area contributed by atoms with Crippen LogP contribution in [0.15, 0.2) is 18.2 Å². The standard InChI is InChI=1S/C10H11FN2O2/c11-9-2-1-3-10(8(9)4-12)13-5-7(15)6-14/h1-3,7,13-15H,5-6H2/t7-/m0/s1. The maximum Gasteiger partial charge on any atom is 0.143 e. The van der Waals surface area contributed by atoms with Crippen molar-refractivity contribution < 1.29 is 14.6 Å². The molecule has 1 atom stereocenters. The van der Waals surface area contributed by atoms with Crippen LogP contribution in [0.25, 0.3) is 0 Å². The van der Waals surface area contributed by atoms with E-state index in [1.165, 1.54) is 18.2 Å². The van der Waals surface area contributed by atoms with E-state index in [9.17, 15) is 4.39 Å². The molecule has 0 unspecified atom stereocenters. The molecule has 0 bridgehead atoms. The number of halogens is 1. The Morgan fingerprint density at radius 3 is 2.87 bits per heavy atom. The number of nitrogens with zero attached hydrogens (tertiary/aromatic N) is 1. The molecule has 80 valence electrons. The molecule has 0 amide bonds. The number of hydrogen-bond acceptors (Lipinski definition) is 4. The summed E-state index contributed by atoms with van der Waals surface area (Å²) in [7, 11) is 0. The van der Waals surface area contributed by atoms with E-state index < -0.39 is 11.9 Å². The summed E-state index contributed by atoms with van der Waals surface area (Å²) in [5.41, 5.74) is 0.215. The third-order valence-corrected chi connectivity index (χ3v) is 1.86. The van der Waals surface area contributed by atoms with Crippen molar-refractivity contribution in [2.24, 2.45) is 0 Å². The Kier molecular flexibility index (Phi) is 4.03. The summed E-state index contributed by atoms with van der Waals surface area (Å²) in [6, 6.07) is 5.91. The van der Waals surface area contributed by atoms with Gasteiger partial charge in [0.1, 0.15) is 17.4 Å². The van der Waals surface area contributed by atoms with Crippen molar-refractivity contribution in [3.63, 3.8) is 0 Å². The van der Waals surface area contributed by atoms with Gasteiger partial charge in [-0.25, -0.2) is 4.39 Å². The largest absolute Gasteiger partial charge is 0.394 e. The van der Waals surface area contributed by atoms with E-state index >= 15 is 0 Å². The highest BCUT2D eigenvalue weighted by Crippen LogP contribution is 2.17. The number of benzene rings is 1. The van der Waals surface area contributed by atoms with Crippen molar-refractivity contribution in [2.45, 2.75) is 6.10 Å². The van der Waals surface area contributed by atoms with Gasteiger partial charge in [-0.1, -0.05) is 6.07 Å². The van der Waals surface area contributed by atoms with Gasteiger partial charge in [0.15, 0.2) is 0 Å². The van der Waals surface area contributed by atoms with Crippen LogP contribution in [-0.2, 0) is 0 Å². The van der Waals surface area contributed by atoms with Crippen LogP contribution < -0.4 is 5.32 Å². The van der Waals surface area contributed by atoms with Crippen LogP contribution in [0, 0.1) is 17.1 Å². The summed E-state index contributed by atoms with van der Waals surface area (Å²) in [6.07, 6.45) is -0.931. The lowest BCUT2D eigenvalue weighted by molar-refractivity contribution is 0.105. The molecule has 0 aliphatic rings. The molecular weight excluding hydrogens is 199 g/mol. The molecule has 0 radical (unpaired) electrons. The van der Waals surface area contributed by atoms with E-state index in [0.717, 1.165) is 0 Å². The number of nitriles is 1. The number of aliphatic hydroxyl groups is 2. The monoisotopic (exact) mass is 210 g/mol. The second-order valence-electron chi connectivity index (χ2n) is 2.99. The topological polar surface area (TPSA) is 76.3 Å². The predicted molar refractivity (Wildman–Crippen MR) is 52.7 cm³/mol. The van der Waals surface area contributed by atoms with Crippen LogP contribution >= 0.6 is 0 Å². The fourth-order valence-corrected chi connectivity index (χ4v) is 1.08. The average molecular weight is 210 g/mol. The van der Waals surface area contributed by atoms with Gasteiger partial charge in [-0.2, -0.15) is 5.26 Å². The highest BCUT2D eigenvalue weighted by molar-refractivity contribution is 5.57. The number of hydrogen-bond donors (Lipinski definition) is 3. The first-order valence-corrected chi connectivity index (χ1v) is 4.40. The molecule has 0 aliphatic heterocycles. The van der Waals surface area contributed by atoms with Gasteiger partial charge in [-0.15, -0.1) is 0 Å². The predicted octanol–water partition coefficient (Wildman–Crippen LogP) is 0.462. The molecule has 0 aromatic heterocycles. The van der Waals surface area contributed by atoms with Crippen molar-refractivity contribution in [2.75, 3.05) is 18.5 Å². The fourth-order valence-electron chi connectivity index (χ4n) is 1.08. The lowest BCUT2D eigenvalue weighted by Crippen LogP contribution is -2.23. The van der Waals surface area contributed by atoms with Gasteiger partial charge in [0.25, 0.3) is 0 Å². The molecule has 0 fully saturated rings. The first-order chi connectivity index (χ1) is 7.19. The minimum atomic E-state index is -0.931. The lowest BCUT2D eigenvalue weighted by Gasteiger charge is -2.11. The van der Waals surface area contributed by atoms with E-state index in [1.807, 2.05) is 0 Å². The van der Waals surface area contributed by atoms with Gasteiger partial charge in [0.05, 0.1) is 18.4 Å². The summed E-state index contributed by atoms with van der Waals surface area (Å²) in [5.74, 6) is -0.610. The van der Waals surface area contributed by atoms with Crippen molar-refractivity contribution >= 4 is 5.69 Å². The Balaban J connectivity index is 2.77. The molecule has 0 spiro atoms. The zero-order valence-corrected chi connectivity index (χ0v) is 7.94. The van der Waals surface area contributed by atoms with Crippen molar-refractivity contribution in [1.29, 1.82) is 5.26 Å². The van der Waals surface area contributed by atoms with Crippen LogP contribution in [0.3, 0.4) is 0 Å². The molecule has 0 saturated carbocycles. The quantitative estimate of drug-likeness (QED) is 0.675. The van der Waals surface area contributed by atoms with Crippen LogP contribution in [-0.4, -0.2) is 29.5 Å². The smallest absolute Gasteiger partial charge is 0.143 e. The summed E-state index contributed by atoms with van der Waals surface area (Å²) < 4.78 is 13.1. The minimum absolute atomic E-state index is 0.0641. The Hall–Kier alpha value is -1.64. The molecule has 1 aromatic rings. The second kappa shape index (κ2) is 5.29. The Labute approximate surface area is 86.6 Å².